The molecule has 98 valence electrons. The molecule has 0 aromatic heterocycles. The van der Waals surface area contributed by atoms with Crippen LogP contribution in [-0.4, -0.2) is 66.1 Å². The van der Waals surface area contributed by atoms with Crippen molar-refractivity contribution in [1.82, 2.24) is 0 Å². The summed E-state index contributed by atoms with van der Waals surface area (Å²) >= 11 is 0. The van der Waals surface area contributed by atoms with Crippen LogP contribution >= 0.6 is 0 Å². The van der Waals surface area contributed by atoms with Gasteiger partial charge in [-0.15, -0.1) is 0 Å². The first kappa shape index (κ1) is 15.9. The Kier molecular flexibility index (Phi) is 4.89. The van der Waals surface area contributed by atoms with Gasteiger partial charge in [-0.05, 0) is 34.4 Å². The monoisotopic (exact) mass is 312 g/mol. The molecule has 0 fully saturated rings. The Bertz CT molecular complexity index is 873. The van der Waals surface area contributed by atoms with Crippen molar-refractivity contribution in [3.05, 3.63) is 54.6 Å². The molecule has 3 aromatic carbocycles. The average molecular weight is 312 g/mol. The summed E-state index contributed by atoms with van der Waals surface area (Å²) in [4.78, 5) is 0. The maximum absolute atomic E-state index is 11.3. The Balaban J connectivity index is 0.00000147. The Morgan fingerprint density at radius 1 is 0.850 bits per heavy atom. The van der Waals surface area contributed by atoms with E-state index in [1.807, 2.05) is 42.5 Å². The molecule has 0 N–H and O–H groups in total. The van der Waals surface area contributed by atoms with Crippen LogP contribution in [0.15, 0.2) is 54.6 Å². The van der Waals surface area contributed by atoms with Crippen LogP contribution in [-0.2, 0) is 10.1 Å². The van der Waals surface area contributed by atoms with E-state index >= 15 is 0 Å². The molecule has 0 amide bonds. The van der Waals surface area contributed by atoms with Crippen molar-refractivity contribution < 1.29 is 12.6 Å². The molecule has 0 unspecified atom stereocenters. The first-order chi connectivity index (χ1) is 9.03. The first-order valence-corrected chi connectivity index (χ1v) is 7.65. The number of rotatable bonds is 2. The summed E-state index contributed by atoms with van der Waals surface area (Å²) in [6.07, 6.45) is 1.05. The zero-order valence-corrected chi connectivity index (χ0v) is 11.1. The van der Waals surface area contributed by atoms with Crippen LogP contribution in [0, 0.1) is 0 Å². The summed E-state index contributed by atoms with van der Waals surface area (Å²) in [5.74, 6) is 0.366. The molecular weight excluding hydrogens is 299 g/mol. The van der Waals surface area contributed by atoms with Crippen molar-refractivity contribution >= 4 is 83.0 Å². The topological polar surface area (TPSA) is 43.4 Å². The predicted molar refractivity (Wildman–Crippen MR) is 84.1 cm³/mol. The van der Waals surface area contributed by atoms with E-state index in [1.54, 1.807) is 12.1 Å². The van der Waals surface area contributed by atoms with E-state index in [2.05, 4.69) is 0 Å². The van der Waals surface area contributed by atoms with E-state index in [4.69, 9.17) is 4.18 Å². The van der Waals surface area contributed by atoms with Crippen LogP contribution in [0.1, 0.15) is 0 Å². The summed E-state index contributed by atoms with van der Waals surface area (Å²) < 4.78 is 27.6. The fourth-order valence-electron chi connectivity index (χ4n) is 2.17. The molecule has 0 atom stereocenters. The Hall–Kier alpha value is -0.434. The molecule has 3 aromatic rings. The summed E-state index contributed by atoms with van der Waals surface area (Å²) in [7, 11) is -3.52. The number of hydrogen-bond acceptors (Lipinski definition) is 3. The number of hydrogen-bond donors (Lipinski definition) is 0. The molecule has 5 heteroatoms. The zero-order valence-electron chi connectivity index (χ0n) is 10.3. The van der Waals surface area contributed by atoms with Gasteiger partial charge in [0.25, 0.3) is 0 Å². The zero-order chi connectivity index (χ0) is 13.5. The van der Waals surface area contributed by atoms with Gasteiger partial charge in [0.1, 0.15) is 5.75 Å². The molecule has 0 radical (unpaired) electrons. The van der Waals surface area contributed by atoms with Crippen molar-refractivity contribution in [3.8, 4) is 5.75 Å². The second-order valence-electron chi connectivity index (χ2n) is 4.46. The SMILES string of the molecule is CS(=O)(=O)Oc1cccc2cc3ccccc3cc12.[KH]. The molecule has 0 aliphatic carbocycles. The van der Waals surface area contributed by atoms with E-state index in [0.717, 1.165) is 27.8 Å². The van der Waals surface area contributed by atoms with Crippen LogP contribution in [0.3, 0.4) is 0 Å². The van der Waals surface area contributed by atoms with Crippen LogP contribution in [0.5, 0.6) is 5.75 Å². The van der Waals surface area contributed by atoms with E-state index < -0.39 is 10.1 Å². The molecule has 0 saturated heterocycles. The quantitative estimate of drug-likeness (QED) is 0.415. The van der Waals surface area contributed by atoms with Crippen LogP contribution in [0.2, 0.25) is 0 Å². The normalized spacial score (nSPS) is 11.2. The minimum absolute atomic E-state index is 0. The fraction of sp³-hybridized carbons (Fsp3) is 0.0667. The molecule has 0 heterocycles. The van der Waals surface area contributed by atoms with Crippen molar-refractivity contribution in [2.75, 3.05) is 6.26 Å². The molecule has 0 saturated carbocycles. The van der Waals surface area contributed by atoms with Gasteiger partial charge in [-0.2, -0.15) is 8.42 Å². The number of fused-ring (bicyclic) bond motifs is 2. The second-order valence-corrected chi connectivity index (χ2v) is 6.04. The molecule has 3 rings (SSSR count). The van der Waals surface area contributed by atoms with Crippen molar-refractivity contribution in [1.29, 1.82) is 0 Å². The Labute approximate surface area is 160 Å². The molecule has 0 spiro atoms. The third-order valence-corrected chi connectivity index (χ3v) is 3.43. The number of benzene rings is 3. The van der Waals surface area contributed by atoms with Gasteiger partial charge in [-0.1, -0.05) is 36.4 Å². The van der Waals surface area contributed by atoms with Gasteiger partial charge in [0.15, 0.2) is 0 Å². The average Bonchev–Trinajstić information content (AvgIpc) is 2.35. The Morgan fingerprint density at radius 2 is 1.45 bits per heavy atom. The standard InChI is InChI=1S/C15H12O3S.K.H/c1-19(16,17)18-15-8-4-7-13-9-11-5-2-3-6-12(11)10-14(13)15;;/h2-10H,1H3;;. The van der Waals surface area contributed by atoms with Crippen molar-refractivity contribution in [2.24, 2.45) is 0 Å². The summed E-state index contributed by atoms with van der Waals surface area (Å²) in [6.45, 7) is 0. The van der Waals surface area contributed by atoms with Gasteiger partial charge in [0.2, 0.25) is 0 Å². The second kappa shape index (κ2) is 6.13. The summed E-state index contributed by atoms with van der Waals surface area (Å²) in [5, 5.41) is 3.93. The molecule has 3 nitrogen and oxygen atoms in total. The third-order valence-electron chi connectivity index (χ3n) is 2.95. The van der Waals surface area contributed by atoms with Gasteiger partial charge in [-0.25, -0.2) is 0 Å². The molecule has 0 aliphatic heterocycles. The van der Waals surface area contributed by atoms with Gasteiger partial charge < -0.3 is 4.18 Å². The van der Waals surface area contributed by atoms with E-state index in [1.165, 1.54) is 0 Å². The van der Waals surface area contributed by atoms with Gasteiger partial charge in [0, 0.05) is 5.39 Å². The molecule has 20 heavy (non-hydrogen) atoms. The van der Waals surface area contributed by atoms with Crippen molar-refractivity contribution in [2.45, 2.75) is 0 Å². The van der Waals surface area contributed by atoms with Crippen molar-refractivity contribution in [3.63, 3.8) is 0 Å². The minimum atomic E-state index is -3.52. The van der Waals surface area contributed by atoms with E-state index in [9.17, 15) is 8.42 Å². The van der Waals surface area contributed by atoms with Crippen LogP contribution in [0.4, 0.5) is 0 Å². The van der Waals surface area contributed by atoms with Gasteiger partial charge in [0.05, 0.1) is 6.26 Å². The summed E-state index contributed by atoms with van der Waals surface area (Å²) in [5.41, 5.74) is 0. The Morgan fingerprint density at radius 3 is 2.10 bits per heavy atom. The van der Waals surface area contributed by atoms with Gasteiger partial charge >= 0.3 is 61.5 Å². The predicted octanol–water partition coefficient (Wildman–Crippen LogP) is 2.68. The van der Waals surface area contributed by atoms with Gasteiger partial charge in [-0.3, -0.25) is 0 Å². The molecule has 0 bridgehead atoms. The molecule has 0 aliphatic rings. The van der Waals surface area contributed by atoms with E-state index in [-0.39, 0.29) is 51.4 Å². The third kappa shape index (κ3) is 3.42. The summed E-state index contributed by atoms with van der Waals surface area (Å²) in [6, 6.07) is 17.3. The van der Waals surface area contributed by atoms with Crippen LogP contribution in [0.25, 0.3) is 21.5 Å². The van der Waals surface area contributed by atoms with Crippen LogP contribution < -0.4 is 4.18 Å². The molecular formula is C15H13KO3S. The van der Waals surface area contributed by atoms with E-state index in [0.29, 0.717) is 5.75 Å². The first-order valence-electron chi connectivity index (χ1n) is 5.84. The maximum atomic E-state index is 11.3. The fourth-order valence-corrected chi connectivity index (χ4v) is 2.65.